The van der Waals surface area contributed by atoms with Gasteiger partial charge in [-0.2, -0.15) is 5.10 Å². The number of nitrogens with zero attached hydrogens (tertiary/aromatic N) is 3. The molecular formula is C14H11N3O. The second-order valence-corrected chi connectivity index (χ2v) is 3.85. The van der Waals surface area contributed by atoms with Crippen LogP contribution in [0.1, 0.15) is 0 Å². The molecule has 0 aliphatic rings. The lowest BCUT2D eigenvalue weighted by Crippen LogP contribution is -1.99. The minimum atomic E-state index is 0.181. The van der Waals surface area contributed by atoms with Gasteiger partial charge in [0.05, 0.1) is 0 Å². The van der Waals surface area contributed by atoms with Gasteiger partial charge in [-0.05, 0) is 12.1 Å². The summed E-state index contributed by atoms with van der Waals surface area (Å²) in [5.41, 5.74) is 1.58. The largest absolute Gasteiger partial charge is 0.506 e. The molecule has 0 fully saturated rings. The number of rotatable bonds is 2. The number of para-hydroxylation sites is 2. The number of phenols is 1. The van der Waals surface area contributed by atoms with Crippen molar-refractivity contribution in [2.45, 2.75) is 0 Å². The molecule has 4 heteroatoms. The molecule has 88 valence electrons. The number of phenolic OH excluding ortho intramolecular Hbond substituents is 1. The summed E-state index contributed by atoms with van der Waals surface area (Å²) in [5, 5.41) is 14.0. The molecular weight excluding hydrogens is 226 g/mol. The fourth-order valence-corrected chi connectivity index (χ4v) is 1.85. The van der Waals surface area contributed by atoms with Crippen molar-refractivity contribution in [1.82, 2.24) is 14.8 Å². The van der Waals surface area contributed by atoms with Crippen molar-refractivity contribution in [3.05, 3.63) is 60.9 Å². The summed E-state index contributed by atoms with van der Waals surface area (Å²) < 4.78 is 1.63. The lowest BCUT2D eigenvalue weighted by Gasteiger charge is -2.07. The summed E-state index contributed by atoms with van der Waals surface area (Å²) in [6, 6.07) is 16.8. The van der Waals surface area contributed by atoms with E-state index in [1.54, 1.807) is 22.9 Å². The number of hydrogen-bond acceptors (Lipinski definition) is 3. The van der Waals surface area contributed by atoms with E-state index in [9.17, 15) is 5.11 Å². The number of benzene rings is 2. The first-order chi connectivity index (χ1) is 8.86. The second kappa shape index (κ2) is 4.33. The Hall–Kier alpha value is -2.62. The molecule has 3 rings (SSSR count). The van der Waals surface area contributed by atoms with Gasteiger partial charge in [0.1, 0.15) is 17.8 Å². The van der Waals surface area contributed by atoms with Gasteiger partial charge >= 0.3 is 0 Å². The van der Waals surface area contributed by atoms with Gasteiger partial charge in [-0.15, -0.1) is 0 Å². The zero-order valence-corrected chi connectivity index (χ0v) is 9.56. The van der Waals surface area contributed by atoms with Gasteiger partial charge in [0.2, 0.25) is 0 Å². The highest BCUT2D eigenvalue weighted by molar-refractivity contribution is 5.59. The van der Waals surface area contributed by atoms with E-state index in [1.165, 1.54) is 6.33 Å². The molecule has 0 saturated heterocycles. The van der Waals surface area contributed by atoms with E-state index >= 15 is 0 Å². The van der Waals surface area contributed by atoms with Crippen molar-refractivity contribution in [2.24, 2.45) is 0 Å². The minimum Gasteiger partial charge on any atom is -0.506 e. The highest BCUT2D eigenvalue weighted by atomic mass is 16.3. The van der Waals surface area contributed by atoms with Gasteiger partial charge in [-0.1, -0.05) is 42.5 Å². The van der Waals surface area contributed by atoms with E-state index in [0.29, 0.717) is 11.5 Å². The first-order valence-corrected chi connectivity index (χ1v) is 5.60. The fourth-order valence-electron chi connectivity index (χ4n) is 1.85. The third-order valence-corrected chi connectivity index (χ3v) is 2.69. The van der Waals surface area contributed by atoms with Crippen molar-refractivity contribution >= 4 is 0 Å². The Morgan fingerprint density at radius 2 is 1.61 bits per heavy atom. The predicted octanol–water partition coefficient (Wildman–Crippen LogP) is 2.64. The second-order valence-electron chi connectivity index (χ2n) is 3.85. The Kier molecular flexibility index (Phi) is 2.53. The van der Waals surface area contributed by atoms with Gasteiger partial charge in [0.25, 0.3) is 0 Å². The van der Waals surface area contributed by atoms with Gasteiger partial charge in [-0.25, -0.2) is 9.67 Å². The molecule has 4 nitrogen and oxygen atoms in total. The first kappa shape index (κ1) is 10.5. The first-order valence-electron chi connectivity index (χ1n) is 5.60. The number of aromatic hydroxyl groups is 1. The topological polar surface area (TPSA) is 50.9 Å². The Labute approximate surface area is 104 Å². The van der Waals surface area contributed by atoms with E-state index < -0.39 is 0 Å². The molecule has 1 aromatic heterocycles. The van der Waals surface area contributed by atoms with E-state index in [4.69, 9.17) is 0 Å². The monoisotopic (exact) mass is 237 g/mol. The van der Waals surface area contributed by atoms with Gasteiger partial charge in [-0.3, -0.25) is 0 Å². The molecule has 0 amide bonds. The third kappa shape index (κ3) is 1.73. The maximum atomic E-state index is 9.87. The van der Waals surface area contributed by atoms with Crippen LogP contribution in [0.15, 0.2) is 60.9 Å². The predicted molar refractivity (Wildman–Crippen MR) is 68.5 cm³/mol. The summed E-state index contributed by atoms with van der Waals surface area (Å²) in [7, 11) is 0. The molecule has 0 aliphatic carbocycles. The highest BCUT2D eigenvalue weighted by Gasteiger charge is 2.11. The van der Waals surface area contributed by atoms with Crippen molar-refractivity contribution in [1.29, 1.82) is 0 Å². The average molecular weight is 237 g/mol. The van der Waals surface area contributed by atoms with Crippen LogP contribution in [-0.4, -0.2) is 19.9 Å². The summed E-state index contributed by atoms with van der Waals surface area (Å²) in [5.74, 6) is 0.886. The Balaban J connectivity index is 2.16. The lowest BCUT2D eigenvalue weighted by molar-refractivity contribution is 0.470. The maximum Gasteiger partial charge on any atom is 0.163 e. The van der Waals surface area contributed by atoms with Crippen molar-refractivity contribution < 1.29 is 5.11 Å². The third-order valence-electron chi connectivity index (χ3n) is 2.69. The molecule has 18 heavy (non-hydrogen) atoms. The molecule has 0 aliphatic heterocycles. The van der Waals surface area contributed by atoms with E-state index in [1.807, 2.05) is 36.4 Å². The molecule has 0 radical (unpaired) electrons. The molecule has 0 atom stereocenters. The summed E-state index contributed by atoms with van der Waals surface area (Å²) in [6.45, 7) is 0. The SMILES string of the molecule is Oc1ccccc1-n1ncnc1-c1ccccc1. The van der Waals surface area contributed by atoms with Crippen LogP contribution < -0.4 is 0 Å². The van der Waals surface area contributed by atoms with Crippen LogP contribution >= 0.6 is 0 Å². The molecule has 2 aromatic carbocycles. The summed E-state index contributed by atoms with van der Waals surface area (Å²) >= 11 is 0. The van der Waals surface area contributed by atoms with Crippen LogP contribution in [0, 0.1) is 0 Å². The van der Waals surface area contributed by atoms with E-state index in [-0.39, 0.29) is 5.75 Å². The number of aromatic nitrogens is 3. The average Bonchev–Trinajstić information content (AvgIpc) is 2.89. The van der Waals surface area contributed by atoms with Crippen molar-refractivity contribution in [3.8, 4) is 22.8 Å². The Morgan fingerprint density at radius 3 is 2.39 bits per heavy atom. The maximum absolute atomic E-state index is 9.87. The lowest BCUT2D eigenvalue weighted by atomic mass is 10.2. The van der Waals surface area contributed by atoms with Crippen LogP contribution in [0.4, 0.5) is 0 Å². The zero-order chi connectivity index (χ0) is 12.4. The summed E-state index contributed by atoms with van der Waals surface area (Å²) in [4.78, 5) is 4.24. The van der Waals surface area contributed by atoms with E-state index in [0.717, 1.165) is 5.56 Å². The molecule has 0 saturated carbocycles. The number of hydrogen-bond donors (Lipinski definition) is 1. The van der Waals surface area contributed by atoms with Gasteiger partial charge in [0.15, 0.2) is 5.82 Å². The van der Waals surface area contributed by atoms with Crippen LogP contribution in [0.2, 0.25) is 0 Å². The highest BCUT2D eigenvalue weighted by Crippen LogP contribution is 2.25. The Bertz CT molecular complexity index is 662. The smallest absolute Gasteiger partial charge is 0.163 e. The normalized spacial score (nSPS) is 10.4. The molecule has 0 spiro atoms. The molecule has 0 unspecified atom stereocenters. The van der Waals surface area contributed by atoms with Crippen LogP contribution in [0.3, 0.4) is 0 Å². The zero-order valence-electron chi connectivity index (χ0n) is 9.56. The molecule has 0 bridgehead atoms. The quantitative estimate of drug-likeness (QED) is 0.745. The molecule has 3 aromatic rings. The Morgan fingerprint density at radius 1 is 0.889 bits per heavy atom. The van der Waals surface area contributed by atoms with Crippen LogP contribution in [0.25, 0.3) is 17.1 Å². The van der Waals surface area contributed by atoms with Gasteiger partial charge < -0.3 is 5.11 Å². The summed E-state index contributed by atoms with van der Waals surface area (Å²) in [6.07, 6.45) is 1.48. The minimum absolute atomic E-state index is 0.181. The van der Waals surface area contributed by atoms with Crippen molar-refractivity contribution in [2.75, 3.05) is 0 Å². The van der Waals surface area contributed by atoms with Crippen molar-refractivity contribution in [3.63, 3.8) is 0 Å². The van der Waals surface area contributed by atoms with Crippen LogP contribution in [0.5, 0.6) is 5.75 Å². The molecule has 1 N–H and O–H groups in total. The fraction of sp³-hybridized carbons (Fsp3) is 0. The van der Waals surface area contributed by atoms with Gasteiger partial charge in [0, 0.05) is 5.56 Å². The standard InChI is InChI=1S/C14H11N3O/c18-13-9-5-4-8-12(13)17-14(15-10-16-17)11-6-2-1-3-7-11/h1-10,18H. The van der Waals surface area contributed by atoms with Crippen LogP contribution in [-0.2, 0) is 0 Å². The van der Waals surface area contributed by atoms with E-state index in [2.05, 4.69) is 10.1 Å². The molecule has 1 heterocycles.